The molecule has 0 fully saturated rings. The summed E-state index contributed by atoms with van der Waals surface area (Å²) in [5.41, 5.74) is 1.47. The molecule has 0 aliphatic carbocycles. The van der Waals surface area contributed by atoms with Gasteiger partial charge in [0.15, 0.2) is 0 Å². The maximum absolute atomic E-state index is 2.36. The predicted octanol–water partition coefficient (Wildman–Crippen LogP) is 7.29. The van der Waals surface area contributed by atoms with Crippen LogP contribution in [-0.4, -0.2) is 0 Å². The van der Waals surface area contributed by atoms with Crippen molar-refractivity contribution in [3.8, 4) is 10.4 Å². The molecule has 0 aromatic carbocycles. The van der Waals surface area contributed by atoms with E-state index < -0.39 is 0 Å². The zero-order valence-electron chi connectivity index (χ0n) is 12.5. The summed E-state index contributed by atoms with van der Waals surface area (Å²) >= 11 is 5.87. The molecule has 0 N–H and O–H groups in total. The van der Waals surface area contributed by atoms with Gasteiger partial charge in [0, 0.05) is 15.3 Å². The van der Waals surface area contributed by atoms with E-state index in [4.69, 9.17) is 0 Å². The maximum atomic E-state index is 2.36. The molecule has 0 amide bonds. The summed E-state index contributed by atoms with van der Waals surface area (Å²) in [6.07, 6.45) is 10.3. The summed E-state index contributed by atoms with van der Waals surface area (Å²) in [5, 5.41) is 6.78. The molecule has 3 rings (SSSR count). The van der Waals surface area contributed by atoms with Crippen molar-refractivity contribution in [2.24, 2.45) is 0 Å². The van der Waals surface area contributed by atoms with Crippen molar-refractivity contribution in [1.29, 1.82) is 0 Å². The van der Waals surface area contributed by atoms with E-state index in [1.54, 1.807) is 4.88 Å². The Labute approximate surface area is 140 Å². The lowest BCUT2D eigenvalue weighted by atomic mass is 9.92. The molecule has 0 bridgehead atoms. The van der Waals surface area contributed by atoms with Crippen molar-refractivity contribution in [1.82, 2.24) is 0 Å². The van der Waals surface area contributed by atoms with Crippen LogP contribution in [0.15, 0.2) is 40.4 Å². The molecule has 0 nitrogen and oxygen atoms in total. The molecule has 1 aliphatic heterocycles. The number of thiophene rings is 2. The molecule has 21 heavy (non-hydrogen) atoms. The first-order valence-corrected chi connectivity index (χ1v) is 10.4. The molecule has 112 valence electrons. The Bertz CT molecular complexity index is 569. The van der Waals surface area contributed by atoms with Crippen molar-refractivity contribution in [2.45, 2.75) is 50.2 Å². The smallest absolute Gasteiger partial charge is 0.0583 e. The number of rotatable bonds is 7. The van der Waals surface area contributed by atoms with Crippen LogP contribution in [0.1, 0.15) is 50.3 Å². The normalized spacial score (nSPS) is 21.2. The molecular formula is C18H22S3. The van der Waals surface area contributed by atoms with Gasteiger partial charge in [0.25, 0.3) is 0 Å². The first kappa shape index (κ1) is 15.4. The highest BCUT2D eigenvalue weighted by atomic mass is 32.2. The first-order valence-electron chi connectivity index (χ1n) is 7.80. The van der Waals surface area contributed by atoms with Crippen LogP contribution in [0.2, 0.25) is 0 Å². The third-order valence-corrected chi connectivity index (χ3v) is 7.64. The van der Waals surface area contributed by atoms with Crippen LogP contribution in [0.4, 0.5) is 0 Å². The number of hydrogen-bond donors (Lipinski definition) is 0. The second-order valence-corrected chi connectivity index (χ2v) is 8.79. The van der Waals surface area contributed by atoms with Crippen molar-refractivity contribution in [3.05, 3.63) is 45.3 Å². The van der Waals surface area contributed by atoms with E-state index in [9.17, 15) is 0 Å². The van der Waals surface area contributed by atoms with Gasteiger partial charge in [-0.25, -0.2) is 0 Å². The zero-order valence-corrected chi connectivity index (χ0v) is 15.0. The van der Waals surface area contributed by atoms with Crippen LogP contribution < -0.4 is 0 Å². The molecular weight excluding hydrogens is 312 g/mol. The fourth-order valence-electron chi connectivity index (χ4n) is 3.01. The fraction of sp³-hybridized carbons (Fsp3) is 0.444. The maximum Gasteiger partial charge on any atom is 0.0583 e. The molecule has 1 aliphatic rings. The van der Waals surface area contributed by atoms with E-state index in [-0.39, 0.29) is 0 Å². The third kappa shape index (κ3) is 3.30. The average Bonchev–Trinajstić information content (AvgIpc) is 3.23. The Hall–Kier alpha value is -0.510. The van der Waals surface area contributed by atoms with Crippen LogP contribution in [0.25, 0.3) is 10.4 Å². The van der Waals surface area contributed by atoms with Gasteiger partial charge in [-0.15, -0.1) is 34.4 Å². The molecule has 3 heteroatoms. The second kappa shape index (κ2) is 7.17. The van der Waals surface area contributed by atoms with Crippen molar-refractivity contribution >= 4 is 34.4 Å². The van der Waals surface area contributed by atoms with E-state index in [0.717, 1.165) is 0 Å². The Kier molecular flexibility index (Phi) is 5.25. The summed E-state index contributed by atoms with van der Waals surface area (Å²) in [4.78, 5) is 3.02. The molecule has 1 atom stereocenters. The van der Waals surface area contributed by atoms with Gasteiger partial charge in [-0.3, -0.25) is 0 Å². The second-order valence-electron chi connectivity index (χ2n) is 5.64. The van der Waals surface area contributed by atoms with Gasteiger partial charge in [0.2, 0.25) is 0 Å². The van der Waals surface area contributed by atoms with Crippen LogP contribution in [-0.2, 0) is 4.75 Å². The standard InChI is InChI=1S/C18H22S3/c1-2-3-4-5-10-18(11-7-13-21-18)17-15(9-14-20-17)16-8-6-12-19-16/h6-9,12-14H,2-5,10-11H2,1H3. The van der Waals surface area contributed by atoms with E-state index >= 15 is 0 Å². The van der Waals surface area contributed by atoms with Crippen molar-refractivity contribution < 1.29 is 0 Å². The van der Waals surface area contributed by atoms with Gasteiger partial charge in [0.05, 0.1) is 4.75 Å². The Morgan fingerprint density at radius 1 is 1.10 bits per heavy atom. The molecule has 0 saturated carbocycles. The molecule has 3 heterocycles. The van der Waals surface area contributed by atoms with Gasteiger partial charge < -0.3 is 0 Å². The number of thioether (sulfide) groups is 1. The van der Waals surface area contributed by atoms with Crippen molar-refractivity contribution in [2.75, 3.05) is 0 Å². The van der Waals surface area contributed by atoms with Gasteiger partial charge in [-0.05, 0) is 41.1 Å². The zero-order chi connectivity index (χ0) is 14.5. The highest BCUT2D eigenvalue weighted by molar-refractivity contribution is 8.03. The van der Waals surface area contributed by atoms with E-state index in [1.165, 1.54) is 49.0 Å². The lowest BCUT2D eigenvalue weighted by Gasteiger charge is -2.28. The summed E-state index contributed by atoms with van der Waals surface area (Å²) in [6, 6.07) is 6.74. The highest BCUT2D eigenvalue weighted by Gasteiger charge is 2.36. The van der Waals surface area contributed by atoms with Gasteiger partial charge in [-0.2, -0.15) is 0 Å². The van der Waals surface area contributed by atoms with Gasteiger partial charge in [-0.1, -0.05) is 44.7 Å². The van der Waals surface area contributed by atoms with Crippen LogP contribution in [0, 0.1) is 0 Å². The predicted molar refractivity (Wildman–Crippen MR) is 99.4 cm³/mol. The highest BCUT2D eigenvalue weighted by Crippen LogP contribution is 2.54. The molecule has 2 aromatic rings. The Balaban J connectivity index is 1.83. The molecule has 1 unspecified atom stereocenters. The summed E-state index contributed by atoms with van der Waals surface area (Å²) < 4.78 is 0.307. The largest absolute Gasteiger partial charge is 0.147 e. The van der Waals surface area contributed by atoms with E-state index in [0.29, 0.717) is 4.75 Å². The number of hydrogen-bond acceptors (Lipinski definition) is 3. The Morgan fingerprint density at radius 2 is 2.05 bits per heavy atom. The minimum absolute atomic E-state index is 0.307. The lowest BCUT2D eigenvalue weighted by Crippen LogP contribution is -2.17. The average molecular weight is 335 g/mol. The van der Waals surface area contributed by atoms with E-state index in [2.05, 4.69) is 59.1 Å². The SMILES string of the molecule is CCCCCCC1(c2sccc2-c2cccs2)CC=CS1. The quantitative estimate of drug-likeness (QED) is 0.479. The minimum atomic E-state index is 0.307. The molecule has 0 radical (unpaired) electrons. The first-order chi connectivity index (χ1) is 10.4. The number of unbranched alkanes of at least 4 members (excludes halogenated alkanes) is 3. The summed E-state index contributed by atoms with van der Waals surface area (Å²) in [5.74, 6) is 0. The summed E-state index contributed by atoms with van der Waals surface area (Å²) in [7, 11) is 0. The fourth-order valence-corrected chi connectivity index (χ4v) is 6.29. The van der Waals surface area contributed by atoms with E-state index in [1.807, 2.05) is 22.7 Å². The Morgan fingerprint density at radius 3 is 2.76 bits per heavy atom. The molecule has 2 aromatic heterocycles. The topological polar surface area (TPSA) is 0 Å². The summed E-state index contributed by atoms with van der Waals surface area (Å²) in [6.45, 7) is 2.29. The minimum Gasteiger partial charge on any atom is -0.147 e. The lowest BCUT2D eigenvalue weighted by molar-refractivity contribution is 0.531. The molecule has 0 spiro atoms. The monoisotopic (exact) mass is 334 g/mol. The third-order valence-electron chi connectivity index (χ3n) is 4.14. The van der Waals surface area contributed by atoms with Crippen LogP contribution in [0.5, 0.6) is 0 Å². The molecule has 0 saturated heterocycles. The van der Waals surface area contributed by atoms with Gasteiger partial charge >= 0.3 is 0 Å². The van der Waals surface area contributed by atoms with Gasteiger partial charge in [0.1, 0.15) is 0 Å². The number of allylic oxidation sites excluding steroid dienone is 1. The van der Waals surface area contributed by atoms with Crippen LogP contribution in [0.3, 0.4) is 0 Å². The van der Waals surface area contributed by atoms with Crippen LogP contribution >= 0.6 is 34.4 Å². The van der Waals surface area contributed by atoms with Crippen molar-refractivity contribution in [3.63, 3.8) is 0 Å².